The average Bonchev–Trinajstić information content (AvgIpc) is 3.26. The van der Waals surface area contributed by atoms with Gasteiger partial charge in [-0.15, -0.1) is 11.3 Å². The molecule has 1 saturated heterocycles. The molecule has 0 bridgehead atoms. The minimum absolute atomic E-state index is 0.0819. The van der Waals surface area contributed by atoms with Crippen LogP contribution in [0.2, 0.25) is 0 Å². The van der Waals surface area contributed by atoms with Crippen LogP contribution in [0, 0.1) is 5.82 Å². The van der Waals surface area contributed by atoms with Crippen LogP contribution in [0.25, 0.3) is 10.1 Å². The van der Waals surface area contributed by atoms with Gasteiger partial charge in [-0.05, 0) is 54.6 Å². The molecule has 4 rings (SSSR count). The van der Waals surface area contributed by atoms with E-state index in [9.17, 15) is 9.18 Å². The number of hydrogen-bond donors (Lipinski definition) is 1. The van der Waals surface area contributed by atoms with Crippen molar-refractivity contribution >= 4 is 33.0 Å². The summed E-state index contributed by atoms with van der Waals surface area (Å²) < 4.78 is 14.2. The van der Waals surface area contributed by atoms with Crippen LogP contribution in [0.1, 0.15) is 22.5 Å². The van der Waals surface area contributed by atoms with Gasteiger partial charge in [0, 0.05) is 29.5 Å². The second-order valence-electron chi connectivity index (χ2n) is 6.33. The molecular weight excluding hydrogens is 335 g/mol. The van der Waals surface area contributed by atoms with Crippen LogP contribution in [-0.4, -0.2) is 25.0 Å². The summed E-state index contributed by atoms with van der Waals surface area (Å²) in [6, 6.07) is 17.0. The van der Waals surface area contributed by atoms with Crippen molar-refractivity contribution in [3.05, 3.63) is 65.3 Å². The molecule has 1 aromatic heterocycles. The number of halogens is 1. The fourth-order valence-corrected chi connectivity index (χ4v) is 4.39. The summed E-state index contributed by atoms with van der Waals surface area (Å²) in [6.07, 6.45) is 2.21. The van der Waals surface area contributed by atoms with Gasteiger partial charge in [0.25, 0.3) is 5.91 Å². The van der Waals surface area contributed by atoms with Crippen molar-refractivity contribution in [3.8, 4) is 0 Å². The molecule has 0 spiro atoms. The van der Waals surface area contributed by atoms with Crippen molar-refractivity contribution in [2.45, 2.75) is 18.9 Å². The molecule has 128 valence electrons. The number of benzene rings is 2. The van der Waals surface area contributed by atoms with Gasteiger partial charge in [-0.25, -0.2) is 4.39 Å². The van der Waals surface area contributed by atoms with E-state index in [2.05, 4.69) is 22.3 Å². The normalized spacial score (nSPS) is 17.2. The number of fused-ring (bicyclic) bond motifs is 1. The Bertz CT molecular complexity index is 893. The van der Waals surface area contributed by atoms with E-state index in [1.807, 2.05) is 18.2 Å². The first-order valence-electron chi connectivity index (χ1n) is 8.50. The largest absolute Gasteiger partial charge is 0.367 e. The van der Waals surface area contributed by atoms with Gasteiger partial charge in [-0.1, -0.05) is 18.2 Å². The maximum Gasteiger partial charge on any atom is 0.261 e. The minimum Gasteiger partial charge on any atom is -0.367 e. The molecule has 1 aliphatic heterocycles. The lowest BCUT2D eigenvalue weighted by atomic mass is 10.2. The fourth-order valence-electron chi connectivity index (χ4n) is 3.43. The highest BCUT2D eigenvalue weighted by molar-refractivity contribution is 7.20. The van der Waals surface area contributed by atoms with Crippen LogP contribution in [0.4, 0.5) is 10.1 Å². The molecule has 1 fully saturated rings. The Hall–Kier alpha value is -2.40. The number of para-hydroxylation sites is 1. The number of anilines is 1. The van der Waals surface area contributed by atoms with Crippen LogP contribution in [0.5, 0.6) is 0 Å². The number of nitrogens with one attached hydrogen (secondary N) is 1. The van der Waals surface area contributed by atoms with E-state index in [1.54, 1.807) is 12.1 Å². The molecule has 1 aliphatic rings. The van der Waals surface area contributed by atoms with E-state index in [0.29, 0.717) is 17.5 Å². The molecule has 1 N–H and O–H groups in total. The molecule has 2 heterocycles. The molecular formula is C20H19FN2OS. The molecule has 5 heteroatoms. The number of nitrogens with zero attached hydrogens (tertiary/aromatic N) is 1. The standard InChI is InChI=1S/C20H19FN2OS/c21-15-8-9-18-14(11-15)12-19(25-18)20(24)22-13-17-7-4-10-23(17)16-5-2-1-3-6-16/h1-3,5-6,8-9,11-12,17H,4,7,10,13H2,(H,22,24)/t17-/m1/s1. The van der Waals surface area contributed by atoms with Crippen LogP contribution < -0.4 is 10.2 Å². The van der Waals surface area contributed by atoms with Crippen molar-refractivity contribution in [2.24, 2.45) is 0 Å². The van der Waals surface area contributed by atoms with E-state index in [1.165, 1.54) is 29.2 Å². The smallest absolute Gasteiger partial charge is 0.261 e. The zero-order valence-electron chi connectivity index (χ0n) is 13.7. The van der Waals surface area contributed by atoms with E-state index >= 15 is 0 Å². The summed E-state index contributed by atoms with van der Waals surface area (Å²) in [4.78, 5) is 15.5. The van der Waals surface area contributed by atoms with Gasteiger partial charge in [0.15, 0.2) is 0 Å². The Morgan fingerprint density at radius 1 is 1.20 bits per heavy atom. The number of hydrogen-bond acceptors (Lipinski definition) is 3. The Morgan fingerprint density at radius 2 is 2.04 bits per heavy atom. The molecule has 1 atom stereocenters. The molecule has 3 nitrogen and oxygen atoms in total. The number of rotatable bonds is 4. The molecule has 25 heavy (non-hydrogen) atoms. The van der Waals surface area contributed by atoms with Gasteiger partial charge in [-0.3, -0.25) is 4.79 Å². The van der Waals surface area contributed by atoms with Crippen molar-refractivity contribution in [1.29, 1.82) is 0 Å². The van der Waals surface area contributed by atoms with Gasteiger partial charge in [-0.2, -0.15) is 0 Å². The van der Waals surface area contributed by atoms with E-state index in [4.69, 9.17) is 0 Å². The van der Waals surface area contributed by atoms with Gasteiger partial charge < -0.3 is 10.2 Å². The second kappa shape index (κ2) is 6.84. The third kappa shape index (κ3) is 3.37. The van der Waals surface area contributed by atoms with Gasteiger partial charge in [0.2, 0.25) is 0 Å². The predicted molar refractivity (Wildman–Crippen MR) is 101 cm³/mol. The third-order valence-electron chi connectivity index (χ3n) is 4.67. The lowest BCUT2D eigenvalue weighted by Crippen LogP contribution is -2.40. The molecule has 0 aliphatic carbocycles. The van der Waals surface area contributed by atoms with E-state index in [-0.39, 0.29) is 11.7 Å². The Labute approximate surface area is 150 Å². The minimum atomic E-state index is -0.276. The lowest BCUT2D eigenvalue weighted by Gasteiger charge is -2.27. The molecule has 2 aromatic carbocycles. The number of carbonyl (C=O) groups is 1. The highest BCUT2D eigenvalue weighted by Crippen LogP contribution is 2.27. The predicted octanol–water partition coefficient (Wildman–Crippen LogP) is 4.44. The van der Waals surface area contributed by atoms with Gasteiger partial charge in [0.1, 0.15) is 5.82 Å². The van der Waals surface area contributed by atoms with Crippen LogP contribution in [-0.2, 0) is 0 Å². The van der Waals surface area contributed by atoms with Crippen molar-refractivity contribution in [2.75, 3.05) is 18.0 Å². The first-order chi connectivity index (χ1) is 12.2. The SMILES string of the molecule is O=C(NC[C@H]1CCCN1c1ccccc1)c1cc2cc(F)ccc2s1. The number of amides is 1. The first-order valence-corrected chi connectivity index (χ1v) is 9.31. The maximum absolute atomic E-state index is 13.3. The molecule has 3 aromatic rings. The van der Waals surface area contributed by atoms with Gasteiger partial charge >= 0.3 is 0 Å². The summed E-state index contributed by atoms with van der Waals surface area (Å²) in [5, 5.41) is 3.83. The molecule has 0 saturated carbocycles. The topological polar surface area (TPSA) is 32.3 Å². The second-order valence-corrected chi connectivity index (χ2v) is 7.41. The first kappa shape index (κ1) is 16.1. The zero-order chi connectivity index (χ0) is 17.2. The average molecular weight is 354 g/mol. The Morgan fingerprint density at radius 3 is 2.88 bits per heavy atom. The summed E-state index contributed by atoms with van der Waals surface area (Å²) >= 11 is 1.40. The highest BCUT2D eigenvalue weighted by atomic mass is 32.1. The van der Waals surface area contributed by atoms with Crippen LogP contribution in [0.15, 0.2) is 54.6 Å². The summed E-state index contributed by atoms with van der Waals surface area (Å²) in [5.41, 5.74) is 1.21. The highest BCUT2D eigenvalue weighted by Gasteiger charge is 2.25. The van der Waals surface area contributed by atoms with Crippen molar-refractivity contribution < 1.29 is 9.18 Å². The monoisotopic (exact) mass is 354 g/mol. The van der Waals surface area contributed by atoms with Crippen molar-refractivity contribution in [1.82, 2.24) is 5.32 Å². The number of carbonyl (C=O) groups excluding carboxylic acids is 1. The van der Waals surface area contributed by atoms with Crippen molar-refractivity contribution in [3.63, 3.8) is 0 Å². The Balaban J connectivity index is 1.44. The summed E-state index contributed by atoms with van der Waals surface area (Å²) in [7, 11) is 0. The van der Waals surface area contributed by atoms with Crippen LogP contribution >= 0.6 is 11.3 Å². The van der Waals surface area contributed by atoms with Crippen LogP contribution in [0.3, 0.4) is 0 Å². The summed E-state index contributed by atoms with van der Waals surface area (Å²) in [6.45, 7) is 1.64. The number of thiophene rings is 1. The van der Waals surface area contributed by atoms with E-state index in [0.717, 1.165) is 29.5 Å². The fraction of sp³-hybridized carbons (Fsp3) is 0.250. The Kier molecular flexibility index (Phi) is 4.40. The lowest BCUT2D eigenvalue weighted by molar-refractivity contribution is 0.0955. The quantitative estimate of drug-likeness (QED) is 0.751. The molecule has 0 unspecified atom stereocenters. The summed E-state index contributed by atoms with van der Waals surface area (Å²) in [5.74, 6) is -0.358. The van der Waals surface area contributed by atoms with Gasteiger partial charge in [0.05, 0.1) is 4.88 Å². The molecule has 1 amide bonds. The third-order valence-corrected chi connectivity index (χ3v) is 5.78. The maximum atomic E-state index is 13.3. The zero-order valence-corrected chi connectivity index (χ0v) is 14.6. The van der Waals surface area contributed by atoms with E-state index < -0.39 is 0 Å². The molecule has 0 radical (unpaired) electrons.